The number of hydrogen-bond donors (Lipinski definition) is 1. The van der Waals surface area contributed by atoms with Crippen LogP contribution in [0.5, 0.6) is 11.5 Å². The van der Waals surface area contributed by atoms with E-state index in [0.717, 1.165) is 33.6 Å². The average Bonchev–Trinajstić information content (AvgIpc) is 3.30. The lowest BCUT2D eigenvalue weighted by Crippen LogP contribution is -1.90. The lowest BCUT2D eigenvalue weighted by Gasteiger charge is -2.07. The van der Waals surface area contributed by atoms with E-state index in [1.165, 1.54) is 11.1 Å². The van der Waals surface area contributed by atoms with Gasteiger partial charge in [0.05, 0.1) is 5.69 Å². The highest BCUT2D eigenvalue weighted by Crippen LogP contribution is 2.30. The van der Waals surface area contributed by atoms with Gasteiger partial charge in [-0.15, -0.1) is 28.3 Å². The Morgan fingerprint density at radius 3 is 1.84 bits per heavy atom. The molecule has 4 aromatic carbocycles. The van der Waals surface area contributed by atoms with E-state index in [1.807, 2.05) is 60.7 Å². The molecule has 0 spiro atoms. The molecule has 1 heterocycles. The Bertz CT molecular complexity index is 1250. The molecule has 5 aromatic rings. The number of benzene rings is 4. The molecule has 3 nitrogen and oxygen atoms in total. The number of nitrogens with zero attached hydrogens (tertiary/aromatic N) is 1. The molecular formula is C27H21BrN2OS. The molecule has 5 rings (SSSR count). The van der Waals surface area contributed by atoms with Crippen molar-refractivity contribution in [2.45, 2.75) is 0 Å². The van der Waals surface area contributed by atoms with Gasteiger partial charge >= 0.3 is 0 Å². The zero-order valence-corrected chi connectivity index (χ0v) is 19.7. The van der Waals surface area contributed by atoms with Crippen LogP contribution in [0.2, 0.25) is 0 Å². The lowest BCUT2D eigenvalue weighted by atomic mass is 10.0. The maximum atomic E-state index is 5.85. The zero-order chi connectivity index (χ0) is 20.9. The molecule has 32 heavy (non-hydrogen) atoms. The van der Waals surface area contributed by atoms with Crippen molar-refractivity contribution in [3.05, 3.63) is 115 Å². The van der Waals surface area contributed by atoms with Crippen molar-refractivity contribution >= 4 is 39.1 Å². The first kappa shape index (κ1) is 21.8. The quantitative estimate of drug-likeness (QED) is 0.253. The van der Waals surface area contributed by atoms with Gasteiger partial charge in [-0.25, -0.2) is 4.98 Å². The van der Waals surface area contributed by atoms with Crippen molar-refractivity contribution in [3.63, 3.8) is 0 Å². The second-order valence-corrected chi connectivity index (χ2v) is 7.90. The van der Waals surface area contributed by atoms with Crippen LogP contribution in [0.1, 0.15) is 0 Å². The molecule has 0 unspecified atom stereocenters. The maximum absolute atomic E-state index is 5.85. The summed E-state index contributed by atoms with van der Waals surface area (Å²) in [4.78, 5) is 4.74. The smallest absolute Gasteiger partial charge is 0.187 e. The second kappa shape index (κ2) is 10.3. The maximum Gasteiger partial charge on any atom is 0.187 e. The topological polar surface area (TPSA) is 34.1 Å². The summed E-state index contributed by atoms with van der Waals surface area (Å²) in [5, 5.41) is 6.31. The van der Waals surface area contributed by atoms with E-state index in [0.29, 0.717) is 0 Å². The molecule has 0 amide bonds. The normalized spacial score (nSPS) is 10.2. The van der Waals surface area contributed by atoms with Crippen LogP contribution < -0.4 is 10.1 Å². The Morgan fingerprint density at radius 2 is 1.16 bits per heavy atom. The van der Waals surface area contributed by atoms with Crippen molar-refractivity contribution in [1.82, 2.24) is 4.98 Å². The van der Waals surface area contributed by atoms with Crippen LogP contribution in [0.25, 0.3) is 22.4 Å². The SMILES string of the molecule is Br.c1ccc(Oc2ccc(Nc3nc(-c4ccc(-c5ccccc5)cc4)cs3)cc2)cc1. The van der Waals surface area contributed by atoms with Gasteiger partial charge in [-0.1, -0.05) is 72.8 Å². The Morgan fingerprint density at radius 1 is 0.594 bits per heavy atom. The van der Waals surface area contributed by atoms with Crippen LogP contribution in [0, 0.1) is 0 Å². The van der Waals surface area contributed by atoms with E-state index in [1.54, 1.807) is 11.3 Å². The van der Waals surface area contributed by atoms with Gasteiger partial charge in [0.1, 0.15) is 11.5 Å². The standard InChI is InChI=1S/C27H20N2OS.BrH/c1-3-7-20(8-4-1)21-11-13-22(14-12-21)26-19-31-27(29-26)28-23-15-17-25(18-16-23)30-24-9-5-2-6-10-24;/h1-19H,(H,28,29);1H. The fraction of sp³-hybridized carbons (Fsp3) is 0. The van der Waals surface area contributed by atoms with Gasteiger partial charge in [0.25, 0.3) is 0 Å². The molecule has 0 saturated carbocycles. The minimum Gasteiger partial charge on any atom is -0.457 e. The summed E-state index contributed by atoms with van der Waals surface area (Å²) < 4.78 is 5.85. The molecule has 158 valence electrons. The van der Waals surface area contributed by atoms with Crippen molar-refractivity contribution in [1.29, 1.82) is 0 Å². The minimum atomic E-state index is 0. The fourth-order valence-electron chi connectivity index (χ4n) is 3.28. The van der Waals surface area contributed by atoms with Gasteiger partial charge < -0.3 is 10.1 Å². The average molecular weight is 501 g/mol. The highest BCUT2D eigenvalue weighted by molar-refractivity contribution is 8.93. The summed E-state index contributed by atoms with van der Waals surface area (Å²) in [7, 11) is 0. The summed E-state index contributed by atoms with van der Waals surface area (Å²) in [5.74, 6) is 1.63. The Labute approximate surface area is 202 Å². The van der Waals surface area contributed by atoms with Crippen molar-refractivity contribution in [2.24, 2.45) is 0 Å². The third-order valence-electron chi connectivity index (χ3n) is 4.88. The number of hydrogen-bond acceptors (Lipinski definition) is 4. The van der Waals surface area contributed by atoms with E-state index >= 15 is 0 Å². The van der Waals surface area contributed by atoms with E-state index in [2.05, 4.69) is 59.2 Å². The first-order chi connectivity index (χ1) is 15.3. The summed E-state index contributed by atoms with van der Waals surface area (Å²) in [6, 6.07) is 36.6. The molecule has 0 bridgehead atoms. The largest absolute Gasteiger partial charge is 0.457 e. The number of anilines is 2. The lowest BCUT2D eigenvalue weighted by molar-refractivity contribution is 0.483. The van der Waals surface area contributed by atoms with Crippen molar-refractivity contribution < 1.29 is 4.74 Å². The molecule has 1 N–H and O–H groups in total. The number of thiazole rings is 1. The van der Waals surface area contributed by atoms with E-state index in [-0.39, 0.29) is 17.0 Å². The number of para-hydroxylation sites is 1. The highest BCUT2D eigenvalue weighted by Gasteiger charge is 2.06. The molecule has 0 aliphatic heterocycles. The van der Waals surface area contributed by atoms with Gasteiger partial charge in [-0.05, 0) is 47.5 Å². The molecule has 0 aliphatic carbocycles. The van der Waals surface area contributed by atoms with Gasteiger partial charge in [0.2, 0.25) is 0 Å². The molecule has 0 aliphatic rings. The van der Waals surface area contributed by atoms with Crippen LogP contribution in [0.15, 0.2) is 115 Å². The Kier molecular flexibility index (Phi) is 7.00. The van der Waals surface area contributed by atoms with E-state index in [4.69, 9.17) is 9.72 Å². The fourth-order valence-corrected chi connectivity index (χ4v) is 4.02. The van der Waals surface area contributed by atoms with Gasteiger partial charge in [0, 0.05) is 16.6 Å². The predicted molar refractivity (Wildman–Crippen MR) is 140 cm³/mol. The van der Waals surface area contributed by atoms with Crippen LogP contribution in [-0.2, 0) is 0 Å². The van der Waals surface area contributed by atoms with Gasteiger partial charge in [0.15, 0.2) is 5.13 Å². The third-order valence-corrected chi connectivity index (χ3v) is 5.63. The molecule has 5 heteroatoms. The predicted octanol–water partition coefficient (Wildman–Crippen LogP) is 8.59. The Hall–Kier alpha value is -3.41. The van der Waals surface area contributed by atoms with Crippen LogP contribution in [0.4, 0.5) is 10.8 Å². The monoisotopic (exact) mass is 500 g/mol. The van der Waals surface area contributed by atoms with Crippen molar-refractivity contribution in [3.8, 4) is 33.9 Å². The first-order valence-corrected chi connectivity index (χ1v) is 10.9. The number of rotatable bonds is 6. The number of nitrogens with one attached hydrogen (secondary N) is 1. The van der Waals surface area contributed by atoms with E-state index < -0.39 is 0 Å². The number of halogens is 1. The molecular weight excluding hydrogens is 480 g/mol. The number of aromatic nitrogens is 1. The Balaban J connectivity index is 0.00000245. The van der Waals surface area contributed by atoms with Crippen LogP contribution in [0.3, 0.4) is 0 Å². The highest BCUT2D eigenvalue weighted by atomic mass is 79.9. The van der Waals surface area contributed by atoms with Crippen molar-refractivity contribution in [2.75, 3.05) is 5.32 Å². The van der Waals surface area contributed by atoms with Crippen LogP contribution in [-0.4, -0.2) is 4.98 Å². The van der Waals surface area contributed by atoms with Crippen LogP contribution >= 0.6 is 28.3 Å². The molecule has 0 saturated heterocycles. The molecule has 0 fully saturated rings. The van der Waals surface area contributed by atoms with Gasteiger partial charge in [-0.2, -0.15) is 0 Å². The number of ether oxygens (including phenoxy) is 1. The second-order valence-electron chi connectivity index (χ2n) is 7.05. The minimum absolute atomic E-state index is 0. The zero-order valence-electron chi connectivity index (χ0n) is 17.1. The van der Waals surface area contributed by atoms with E-state index in [9.17, 15) is 0 Å². The molecule has 0 radical (unpaired) electrons. The molecule has 0 atom stereocenters. The summed E-state index contributed by atoms with van der Waals surface area (Å²) in [6.45, 7) is 0. The summed E-state index contributed by atoms with van der Waals surface area (Å²) >= 11 is 1.59. The summed E-state index contributed by atoms with van der Waals surface area (Å²) in [6.07, 6.45) is 0. The third kappa shape index (κ3) is 5.25. The summed E-state index contributed by atoms with van der Waals surface area (Å²) in [5.41, 5.74) is 5.47. The molecule has 1 aromatic heterocycles. The first-order valence-electron chi connectivity index (χ1n) is 10.0. The van der Waals surface area contributed by atoms with Gasteiger partial charge in [-0.3, -0.25) is 0 Å².